The van der Waals surface area contributed by atoms with Crippen molar-refractivity contribution in [3.63, 3.8) is 0 Å². The van der Waals surface area contributed by atoms with Gasteiger partial charge in [0, 0.05) is 12.0 Å². The van der Waals surface area contributed by atoms with E-state index in [9.17, 15) is 9.59 Å². The molecule has 0 aromatic heterocycles. The molecule has 0 amide bonds. The number of unbranched alkanes of at least 4 members (excludes halogenated alkanes) is 2. The number of carbonyl (C=O) groups is 2. The first kappa shape index (κ1) is 14.6. The van der Waals surface area contributed by atoms with Crippen LogP contribution in [0.3, 0.4) is 0 Å². The Morgan fingerprint density at radius 3 is 2.44 bits per heavy atom. The van der Waals surface area contributed by atoms with Gasteiger partial charge in [-0.1, -0.05) is 36.8 Å². The Bertz CT molecular complexity index is 373. The van der Waals surface area contributed by atoms with Gasteiger partial charge in [0.05, 0.1) is 6.54 Å². The third-order valence-electron chi connectivity index (χ3n) is 2.76. The average Bonchev–Trinajstić information content (AvgIpc) is 2.38. The zero-order valence-corrected chi connectivity index (χ0v) is 10.9. The highest BCUT2D eigenvalue weighted by Gasteiger charge is 2.03. The predicted molar refractivity (Wildman–Crippen MR) is 72.8 cm³/mol. The van der Waals surface area contributed by atoms with Crippen LogP contribution < -0.4 is 5.32 Å². The Hall–Kier alpha value is -1.48. The van der Waals surface area contributed by atoms with E-state index in [2.05, 4.69) is 5.32 Å². The lowest BCUT2D eigenvalue weighted by Gasteiger charge is -2.04. The molecular weight excluding hydrogens is 226 g/mol. The molecule has 0 fully saturated rings. The largest absolute Gasteiger partial charge is 0.310 e. The van der Waals surface area contributed by atoms with Crippen molar-refractivity contribution < 1.29 is 9.59 Å². The fraction of sp³-hybridized carbons (Fsp3) is 0.467. The lowest BCUT2D eigenvalue weighted by molar-refractivity contribution is -0.117. The van der Waals surface area contributed by atoms with Crippen molar-refractivity contribution in [3.05, 3.63) is 35.9 Å². The van der Waals surface area contributed by atoms with Crippen LogP contribution in [0.5, 0.6) is 0 Å². The van der Waals surface area contributed by atoms with E-state index in [0.717, 1.165) is 31.4 Å². The summed E-state index contributed by atoms with van der Waals surface area (Å²) in [5.74, 6) is 0.376. The van der Waals surface area contributed by atoms with Crippen LogP contribution in [-0.2, 0) is 4.79 Å². The molecule has 0 radical (unpaired) electrons. The molecular formula is C15H21NO2. The quantitative estimate of drug-likeness (QED) is 0.539. The number of hydrogen-bond donors (Lipinski definition) is 1. The van der Waals surface area contributed by atoms with Gasteiger partial charge in [0.1, 0.15) is 5.78 Å². The summed E-state index contributed by atoms with van der Waals surface area (Å²) < 4.78 is 0. The molecule has 0 atom stereocenters. The summed E-state index contributed by atoms with van der Waals surface area (Å²) in [5.41, 5.74) is 0.751. The number of benzene rings is 1. The molecule has 0 aliphatic carbocycles. The van der Waals surface area contributed by atoms with Gasteiger partial charge in [0.2, 0.25) is 0 Å². The van der Waals surface area contributed by atoms with E-state index in [0.29, 0.717) is 13.0 Å². The molecule has 0 heterocycles. The van der Waals surface area contributed by atoms with Gasteiger partial charge in [-0.05, 0) is 26.3 Å². The first-order chi connectivity index (χ1) is 8.70. The average molecular weight is 247 g/mol. The van der Waals surface area contributed by atoms with Crippen LogP contribution in [0.1, 0.15) is 43.0 Å². The van der Waals surface area contributed by atoms with Crippen LogP contribution in [0.4, 0.5) is 0 Å². The zero-order chi connectivity index (χ0) is 13.2. The number of ketones is 2. The minimum atomic E-state index is 0.124. The fourth-order valence-electron chi connectivity index (χ4n) is 1.73. The molecule has 1 aromatic carbocycles. The zero-order valence-electron chi connectivity index (χ0n) is 10.9. The summed E-state index contributed by atoms with van der Waals surface area (Å²) in [6.45, 7) is 2.84. The van der Waals surface area contributed by atoms with Gasteiger partial charge in [-0.15, -0.1) is 0 Å². The summed E-state index contributed by atoms with van der Waals surface area (Å²) in [6.07, 6.45) is 3.66. The molecule has 98 valence electrons. The van der Waals surface area contributed by atoms with Crippen LogP contribution in [0, 0.1) is 0 Å². The second-order valence-corrected chi connectivity index (χ2v) is 4.48. The summed E-state index contributed by atoms with van der Waals surface area (Å²) in [6, 6.07) is 9.30. The van der Waals surface area contributed by atoms with E-state index < -0.39 is 0 Å². The van der Waals surface area contributed by atoms with E-state index in [1.165, 1.54) is 0 Å². The van der Waals surface area contributed by atoms with Crippen LogP contribution in [0.25, 0.3) is 0 Å². The highest BCUT2D eigenvalue weighted by molar-refractivity contribution is 5.97. The Morgan fingerprint density at radius 1 is 1.06 bits per heavy atom. The van der Waals surface area contributed by atoms with Crippen molar-refractivity contribution in [2.24, 2.45) is 0 Å². The number of rotatable bonds is 9. The van der Waals surface area contributed by atoms with Crippen LogP contribution in [0.15, 0.2) is 30.3 Å². The molecule has 0 bridgehead atoms. The molecule has 0 saturated heterocycles. The second-order valence-electron chi connectivity index (χ2n) is 4.48. The summed E-state index contributed by atoms with van der Waals surface area (Å²) in [7, 11) is 0. The number of carbonyl (C=O) groups excluding carboxylic acids is 2. The molecule has 0 saturated carbocycles. The minimum absolute atomic E-state index is 0.124. The van der Waals surface area contributed by atoms with Gasteiger partial charge in [-0.25, -0.2) is 0 Å². The molecule has 3 heteroatoms. The first-order valence-corrected chi connectivity index (χ1v) is 6.48. The number of Topliss-reactive ketones (excluding diaryl/α,β-unsaturated/α-hetero) is 2. The van der Waals surface area contributed by atoms with Gasteiger partial charge >= 0.3 is 0 Å². The summed E-state index contributed by atoms with van der Waals surface area (Å²) in [4.78, 5) is 22.4. The van der Waals surface area contributed by atoms with Gasteiger partial charge in [-0.3, -0.25) is 4.79 Å². The highest BCUT2D eigenvalue weighted by atomic mass is 16.1. The second kappa shape index (κ2) is 8.59. The maximum absolute atomic E-state index is 11.7. The van der Waals surface area contributed by atoms with Crippen LogP contribution in [0.2, 0.25) is 0 Å². The van der Waals surface area contributed by atoms with Gasteiger partial charge in [0.25, 0.3) is 0 Å². The topological polar surface area (TPSA) is 46.2 Å². The number of nitrogens with one attached hydrogen (secondary N) is 1. The Balaban J connectivity index is 2.05. The molecule has 1 N–H and O–H groups in total. The summed E-state index contributed by atoms with van der Waals surface area (Å²) >= 11 is 0. The molecule has 3 nitrogen and oxygen atoms in total. The Labute approximate surface area is 109 Å². The third kappa shape index (κ3) is 6.30. The van der Waals surface area contributed by atoms with E-state index in [4.69, 9.17) is 0 Å². The fourth-order valence-corrected chi connectivity index (χ4v) is 1.73. The van der Waals surface area contributed by atoms with Crippen molar-refractivity contribution in [1.82, 2.24) is 5.32 Å². The maximum Gasteiger partial charge on any atom is 0.176 e. The van der Waals surface area contributed by atoms with E-state index in [1.54, 1.807) is 6.92 Å². The van der Waals surface area contributed by atoms with Crippen molar-refractivity contribution in [2.75, 3.05) is 13.1 Å². The van der Waals surface area contributed by atoms with E-state index in [-0.39, 0.29) is 11.6 Å². The standard InChI is InChI=1S/C15H21NO2/c1-13(17)8-4-3-7-11-16-12-15(18)14-9-5-2-6-10-14/h2,5-6,9-10,16H,3-4,7-8,11-12H2,1H3. The SMILES string of the molecule is CC(=O)CCCCCNCC(=O)c1ccccc1. The van der Waals surface area contributed by atoms with Crippen molar-refractivity contribution in [3.8, 4) is 0 Å². The van der Waals surface area contributed by atoms with Crippen LogP contribution >= 0.6 is 0 Å². The highest BCUT2D eigenvalue weighted by Crippen LogP contribution is 2.00. The van der Waals surface area contributed by atoms with Crippen molar-refractivity contribution in [2.45, 2.75) is 32.6 Å². The van der Waals surface area contributed by atoms with Crippen LogP contribution in [-0.4, -0.2) is 24.7 Å². The van der Waals surface area contributed by atoms with E-state index in [1.807, 2.05) is 30.3 Å². The smallest absolute Gasteiger partial charge is 0.176 e. The summed E-state index contributed by atoms with van der Waals surface area (Å²) in [5, 5.41) is 3.14. The lowest BCUT2D eigenvalue weighted by Crippen LogP contribution is -2.24. The molecule has 1 aromatic rings. The predicted octanol–water partition coefficient (Wildman–Crippen LogP) is 2.61. The lowest BCUT2D eigenvalue weighted by atomic mass is 10.1. The molecule has 1 rings (SSSR count). The van der Waals surface area contributed by atoms with Gasteiger partial charge in [-0.2, -0.15) is 0 Å². The maximum atomic E-state index is 11.7. The minimum Gasteiger partial charge on any atom is -0.310 e. The van der Waals surface area contributed by atoms with Gasteiger partial charge in [0.15, 0.2) is 5.78 Å². The van der Waals surface area contributed by atoms with Crippen molar-refractivity contribution in [1.29, 1.82) is 0 Å². The molecule has 0 aliphatic rings. The molecule has 0 unspecified atom stereocenters. The van der Waals surface area contributed by atoms with Crippen molar-refractivity contribution >= 4 is 11.6 Å². The first-order valence-electron chi connectivity index (χ1n) is 6.48. The van der Waals surface area contributed by atoms with Gasteiger partial charge < -0.3 is 10.1 Å². The Morgan fingerprint density at radius 2 is 1.78 bits per heavy atom. The third-order valence-corrected chi connectivity index (χ3v) is 2.76. The Kier molecular flexibility index (Phi) is 6.96. The molecule has 0 spiro atoms. The normalized spacial score (nSPS) is 10.3. The molecule has 18 heavy (non-hydrogen) atoms. The molecule has 0 aliphatic heterocycles. The van der Waals surface area contributed by atoms with E-state index >= 15 is 0 Å². The number of hydrogen-bond acceptors (Lipinski definition) is 3. The monoisotopic (exact) mass is 247 g/mol.